The van der Waals surface area contributed by atoms with Gasteiger partial charge in [-0.25, -0.2) is 0 Å². The summed E-state index contributed by atoms with van der Waals surface area (Å²) in [5.41, 5.74) is 0.291. The quantitative estimate of drug-likeness (QED) is 0.805. The van der Waals surface area contributed by atoms with Crippen LogP contribution in [0.25, 0.3) is 0 Å². The Morgan fingerprint density at radius 3 is 2.12 bits per heavy atom. The summed E-state index contributed by atoms with van der Waals surface area (Å²) in [4.78, 5) is 13.6. The molecular formula is C14H25NO2. The number of nitrogens with zero attached hydrogens (tertiary/aromatic N) is 1. The van der Waals surface area contributed by atoms with Crippen LogP contribution in [0.4, 0.5) is 0 Å². The maximum absolute atomic E-state index is 11.4. The van der Waals surface area contributed by atoms with Crippen LogP contribution in [0.2, 0.25) is 0 Å². The second-order valence-corrected chi connectivity index (χ2v) is 7.07. The van der Waals surface area contributed by atoms with E-state index in [0.29, 0.717) is 5.41 Å². The zero-order valence-electron chi connectivity index (χ0n) is 11.3. The molecule has 1 atom stereocenters. The van der Waals surface area contributed by atoms with Gasteiger partial charge in [0.1, 0.15) is 6.04 Å². The molecule has 0 aromatic heterocycles. The van der Waals surface area contributed by atoms with Gasteiger partial charge in [-0.05, 0) is 23.7 Å². The SMILES string of the molecule is CC(C)(C)C(C(=O)O)N1CC2(CCCCC2)C1. The number of hydrogen-bond donors (Lipinski definition) is 1. The van der Waals surface area contributed by atoms with Crippen molar-refractivity contribution in [1.82, 2.24) is 4.90 Å². The topological polar surface area (TPSA) is 40.5 Å². The molecule has 0 aromatic carbocycles. The third kappa shape index (κ3) is 2.49. The highest BCUT2D eigenvalue weighted by Crippen LogP contribution is 2.46. The van der Waals surface area contributed by atoms with Gasteiger partial charge in [-0.3, -0.25) is 9.69 Å². The van der Waals surface area contributed by atoms with Gasteiger partial charge in [0.25, 0.3) is 0 Å². The first-order valence-electron chi connectivity index (χ1n) is 6.81. The van der Waals surface area contributed by atoms with Crippen LogP contribution in [0.5, 0.6) is 0 Å². The summed E-state index contributed by atoms with van der Waals surface area (Å²) < 4.78 is 0. The van der Waals surface area contributed by atoms with Crippen molar-refractivity contribution in [3.63, 3.8) is 0 Å². The van der Waals surface area contributed by atoms with Gasteiger partial charge >= 0.3 is 5.97 Å². The van der Waals surface area contributed by atoms with Gasteiger partial charge in [-0.15, -0.1) is 0 Å². The first-order chi connectivity index (χ1) is 7.84. The molecule has 0 amide bonds. The molecule has 2 fully saturated rings. The molecular weight excluding hydrogens is 214 g/mol. The maximum Gasteiger partial charge on any atom is 0.321 e. The molecule has 0 aromatic rings. The van der Waals surface area contributed by atoms with E-state index in [1.54, 1.807) is 0 Å². The van der Waals surface area contributed by atoms with Crippen LogP contribution in [0.15, 0.2) is 0 Å². The van der Waals surface area contributed by atoms with Crippen molar-refractivity contribution in [3.8, 4) is 0 Å². The molecule has 1 aliphatic carbocycles. The van der Waals surface area contributed by atoms with Crippen LogP contribution < -0.4 is 0 Å². The number of hydrogen-bond acceptors (Lipinski definition) is 2. The summed E-state index contributed by atoms with van der Waals surface area (Å²) in [6.45, 7) is 8.08. The zero-order valence-corrected chi connectivity index (χ0v) is 11.3. The molecule has 3 heteroatoms. The number of carboxylic acids is 1. The average Bonchev–Trinajstić information content (AvgIpc) is 2.14. The Balaban J connectivity index is 1.99. The molecule has 3 nitrogen and oxygen atoms in total. The lowest BCUT2D eigenvalue weighted by atomic mass is 9.67. The van der Waals surface area contributed by atoms with E-state index < -0.39 is 5.97 Å². The van der Waals surface area contributed by atoms with E-state index in [-0.39, 0.29) is 11.5 Å². The average molecular weight is 239 g/mol. The van der Waals surface area contributed by atoms with E-state index in [1.807, 2.05) is 20.8 Å². The summed E-state index contributed by atoms with van der Waals surface area (Å²) in [5.74, 6) is -0.664. The van der Waals surface area contributed by atoms with E-state index in [2.05, 4.69) is 4.90 Å². The number of carbonyl (C=O) groups is 1. The van der Waals surface area contributed by atoms with Crippen molar-refractivity contribution >= 4 is 5.97 Å². The Morgan fingerprint density at radius 2 is 1.71 bits per heavy atom. The van der Waals surface area contributed by atoms with Crippen molar-refractivity contribution in [2.45, 2.75) is 58.9 Å². The normalized spacial score (nSPS) is 26.5. The Bertz CT molecular complexity index is 292. The molecule has 0 radical (unpaired) electrons. The number of carboxylic acid groups (broad SMARTS) is 1. The Morgan fingerprint density at radius 1 is 1.18 bits per heavy atom. The summed E-state index contributed by atoms with van der Waals surface area (Å²) in [6.07, 6.45) is 6.64. The lowest BCUT2D eigenvalue weighted by Crippen LogP contribution is -2.64. The van der Waals surface area contributed by atoms with Crippen LogP contribution in [0, 0.1) is 10.8 Å². The Hall–Kier alpha value is -0.570. The minimum Gasteiger partial charge on any atom is -0.480 e. The molecule has 17 heavy (non-hydrogen) atoms. The van der Waals surface area contributed by atoms with E-state index >= 15 is 0 Å². The molecule has 2 rings (SSSR count). The monoisotopic (exact) mass is 239 g/mol. The summed E-state index contributed by atoms with van der Waals surface area (Å²) in [6, 6.07) is -0.324. The third-order valence-corrected chi connectivity index (χ3v) is 4.41. The second-order valence-electron chi connectivity index (χ2n) is 7.07. The minimum atomic E-state index is -0.664. The molecule has 1 aliphatic heterocycles. The van der Waals surface area contributed by atoms with Gasteiger partial charge < -0.3 is 5.11 Å². The lowest BCUT2D eigenvalue weighted by molar-refractivity contribution is -0.158. The highest BCUT2D eigenvalue weighted by molar-refractivity contribution is 5.74. The van der Waals surface area contributed by atoms with E-state index in [0.717, 1.165) is 13.1 Å². The first kappa shape index (κ1) is 12.9. The smallest absolute Gasteiger partial charge is 0.321 e. The summed E-state index contributed by atoms with van der Waals surface area (Å²) in [5, 5.41) is 9.39. The van der Waals surface area contributed by atoms with Crippen LogP contribution in [0.3, 0.4) is 0 Å². The Kier molecular flexibility index (Phi) is 3.23. The summed E-state index contributed by atoms with van der Waals surface area (Å²) >= 11 is 0. The van der Waals surface area contributed by atoms with Crippen LogP contribution in [-0.4, -0.2) is 35.1 Å². The molecule has 1 unspecified atom stereocenters. The molecule has 2 aliphatic rings. The highest BCUT2D eigenvalue weighted by Gasteiger charge is 2.50. The zero-order chi connectivity index (χ0) is 12.7. The van der Waals surface area contributed by atoms with Gasteiger partial charge in [-0.1, -0.05) is 40.0 Å². The third-order valence-electron chi connectivity index (χ3n) is 4.41. The predicted octanol–water partition coefficient (Wildman–Crippen LogP) is 2.75. The first-order valence-corrected chi connectivity index (χ1v) is 6.81. The molecule has 1 saturated carbocycles. The van der Waals surface area contributed by atoms with Gasteiger partial charge in [0.15, 0.2) is 0 Å². The standard InChI is InChI=1S/C14H25NO2/c1-13(2,3)11(12(16)17)15-9-14(10-15)7-5-4-6-8-14/h11H,4-10H2,1-3H3,(H,16,17). The molecule has 0 bridgehead atoms. The fourth-order valence-electron chi connectivity index (χ4n) is 3.69. The van der Waals surface area contributed by atoms with Gasteiger partial charge in [0, 0.05) is 13.1 Å². The maximum atomic E-state index is 11.4. The predicted molar refractivity (Wildman–Crippen MR) is 68.0 cm³/mol. The lowest BCUT2D eigenvalue weighted by Gasteiger charge is -2.56. The van der Waals surface area contributed by atoms with Gasteiger partial charge in [-0.2, -0.15) is 0 Å². The van der Waals surface area contributed by atoms with Gasteiger partial charge in [0.2, 0.25) is 0 Å². The highest BCUT2D eigenvalue weighted by atomic mass is 16.4. The number of aliphatic carboxylic acids is 1. The van der Waals surface area contributed by atoms with Crippen molar-refractivity contribution in [2.75, 3.05) is 13.1 Å². The van der Waals surface area contributed by atoms with Crippen LogP contribution in [-0.2, 0) is 4.79 Å². The molecule has 1 N–H and O–H groups in total. The largest absolute Gasteiger partial charge is 0.480 e. The van der Waals surface area contributed by atoms with E-state index in [9.17, 15) is 9.90 Å². The second kappa shape index (κ2) is 4.27. The van der Waals surface area contributed by atoms with Crippen LogP contribution >= 0.6 is 0 Å². The summed E-state index contributed by atoms with van der Waals surface area (Å²) in [7, 11) is 0. The molecule has 1 spiro atoms. The van der Waals surface area contributed by atoms with Crippen molar-refractivity contribution in [3.05, 3.63) is 0 Å². The molecule has 1 saturated heterocycles. The van der Waals surface area contributed by atoms with Crippen molar-refractivity contribution in [2.24, 2.45) is 10.8 Å². The fourth-order valence-corrected chi connectivity index (χ4v) is 3.69. The van der Waals surface area contributed by atoms with Gasteiger partial charge in [0.05, 0.1) is 0 Å². The number of rotatable bonds is 2. The fraction of sp³-hybridized carbons (Fsp3) is 0.929. The van der Waals surface area contributed by atoms with Crippen molar-refractivity contribution in [1.29, 1.82) is 0 Å². The Labute approximate surface area is 104 Å². The van der Waals surface area contributed by atoms with Crippen LogP contribution in [0.1, 0.15) is 52.9 Å². The van der Waals surface area contributed by atoms with E-state index in [1.165, 1.54) is 32.1 Å². The van der Waals surface area contributed by atoms with Crippen molar-refractivity contribution < 1.29 is 9.90 Å². The molecule has 98 valence electrons. The van der Waals surface area contributed by atoms with E-state index in [4.69, 9.17) is 0 Å². The minimum absolute atomic E-state index is 0.178. The molecule has 1 heterocycles. The number of likely N-dealkylation sites (tertiary alicyclic amines) is 1.